The number of rotatable bonds is 4. The normalized spacial score (nSPS) is 20.6. The van der Waals surface area contributed by atoms with Crippen molar-refractivity contribution in [1.82, 2.24) is 10.2 Å². The van der Waals surface area contributed by atoms with Crippen LogP contribution in [0.15, 0.2) is 30.3 Å². The number of benzene rings is 1. The largest absolute Gasteiger partial charge is 0.480 e. The molecule has 1 aromatic rings. The second-order valence-corrected chi connectivity index (χ2v) is 6.29. The molecule has 0 aliphatic carbocycles. The summed E-state index contributed by atoms with van der Waals surface area (Å²) in [6.07, 6.45) is 0.380. The van der Waals surface area contributed by atoms with E-state index in [-0.39, 0.29) is 25.2 Å². The zero-order chi connectivity index (χ0) is 17.2. The fourth-order valence-corrected chi connectivity index (χ4v) is 3.32. The molecule has 3 rings (SSSR count). The molecule has 8 heteroatoms. The van der Waals surface area contributed by atoms with Crippen LogP contribution >= 0.6 is 12.4 Å². The molecule has 136 valence electrons. The van der Waals surface area contributed by atoms with Crippen LogP contribution < -0.4 is 5.32 Å². The van der Waals surface area contributed by atoms with Crippen LogP contribution in [0.1, 0.15) is 24.8 Å². The highest BCUT2D eigenvalue weighted by Gasteiger charge is 2.49. The minimum absolute atomic E-state index is 0. The molecule has 2 saturated heterocycles. The van der Waals surface area contributed by atoms with E-state index in [1.165, 1.54) is 0 Å². The third-order valence-electron chi connectivity index (χ3n) is 4.63. The summed E-state index contributed by atoms with van der Waals surface area (Å²) in [4.78, 5) is 37.4. The Balaban J connectivity index is 0.00000225. The summed E-state index contributed by atoms with van der Waals surface area (Å²) in [6, 6.07) is 7.67. The number of imide groups is 1. The van der Waals surface area contributed by atoms with Crippen molar-refractivity contribution in [2.75, 3.05) is 13.1 Å². The van der Waals surface area contributed by atoms with Crippen molar-refractivity contribution in [2.45, 2.75) is 37.3 Å². The van der Waals surface area contributed by atoms with E-state index >= 15 is 0 Å². The Labute approximate surface area is 151 Å². The zero-order valence-electron chi connectivity index (χ0n) is 13.6. The number of carboxylic acid groups (broad SMARTS) is 1. The van der Waals surface area contributed by atoms with Crippen LogP contribution in [0, 0.1) is 0 Å². The lowest BCUT2D eigenvalue weighted by atomic mass is 9.87. The van der Waals surface area contributed by atoms with Crippen molar-refractivity contribution < 1.29 is 24.2 Å². The van der Waals surface area contributed by atoms with Crippen LogP contribution in [-0.4, -0.2) is 52.7 Å². The van der Waals surface area contributed by atoms with Gasteiger partial charge in [0, 0.05) is 19.3 Å². The number of amides is 2. The Hall–Kier alpha value is -2.12. The van der Waals surface area contributed by atoms with Gasteiger partial charge in [0.1, 0.15) is 11.6 Å². The Morgan fingerprint density at radius 2 is 1.88 bits per heavy atom. The van der Waals surface area contributed by atoms with E-state index in [1.807, 2.05) is 6.07 Å². The third kappa shape index (κ3) is 4.11. The van der Waals surface area contributed by atoms with Crippen molar-refractivity contribution in [3.8, 4) is 0 Å². The molecular formula is C17H21ClN2O5. The van der Waals surface area contributed by atoms with Crippen LogP contribution in [0.5, 0.6) is 0 Å². The first kappa shape index (κ1) is 19.2. The summed E-state index contributed by atoms with van der Waals surface area (Å²) in [5, 5.41) is 12.7. The maximum absolute atomic E-state index is 12.6. The predicted octanol–water partition coefficient (Wildman–Crippen LogP) is 1.60. The van der Waals surface area contributed by atoms with E-state index in [4.69, 9.17) is 4.74 Å². The van der Waals surface area contributed by atoms with Gasteiger partial charge in [0.2, 0.25) is 5.91 Å². The molecular weight excluding hydrogens is 348 g/mol. The number of ether oxygens (including phenoxy) is 1. The lowest BCUT2D eigenvalue weighted by Crippen LogP contribution is -2.60. The highest BCUT2D eigenvalue weighted by Crippen LogP contribution is 2.33. The van der Waals surface area contributed by atoms with E-state index in [1.54, 1.807) is 24.3 Å². The smallest absolute Gasteiger partial charge is 0.417 e. The average molecular weight is 369 g/mol. The summed E-state index contributed by atoms with van der Waals surface area (Å²) in [5.41, 5.74) is -0.0428. The summed E-state index contributed by atoms with van der Waals surface area (Å²) < 4.78 is 5.53. The summed E-state index contributed by atoms with van der Waals surface area (Å²) in [6.45, 7) is 1.35. The lowest BCUT2D eigenvalue weighted by molar-refractivity contribution is -0.159. The van der Waals surface area contributed by atoms with Crippen molar-refractivity contribution in [3.63, 3.8) is 0 Å². The highest BCUT2D eigenvalue weighted by atomic mass is 35.5. The van der Waals surface area contributed by atoms with E-state index in [2.05, 4.69) is 5.32 Å². The molecule has 2 amide bonds. The van der Waals surface area contributed by atoms with Crippen molar-refractivity contribution >= 4 is 30.4 Å². The molecule has 1 atom stereocenters. The number of nitrogens with zero attached hydrogens (tertiary/aromatic N) is 1. The van der Waals surface area contributed by atoms with E-state index < -0.39 is 29.6 Å². The van der Waals surface area contributed by atoms with Gasteiger partial charge in [0.15, 0.2) is 0 Å². The molecule has 2 aliphatic rings. The van der Waals surface area contributed by atoms with Gasteiger partial charge in [-0.3, -0.25) is 4.79 Å². The van der Waals surface area contributed by atoms with Crippen molar-refractivity contribution in [2.24, 2.45) is 0 Å². The van der Waals surface area contributed by atoms with Crippen LogP contribution in [0.3, 0.4) is 0 Å². The number of aliphatic carboxylic acids is 1. The fourth-order valence-electron chi connectivity index (χ4n) is 3.32. The number of hydrogen-bond acceptors (Lipinski definition) is 5. The molecule has 1 aromatic carbocycles. The second kappa shape index (κ2) is 7.84. The average Bonchev–Trinajstić information content (AvgIpc) is 2.54. The maximum atomic E-state index is 12.6. The van der Waals surface area contributed by atoms with Crippen molar-refractivity contribution in [1.29, 1.82) is 0 Å². The van der Waals surface area contributed by atoms with Gasteiger partial charge < -0.3 is 15.2 Å². The van der Waals surface area contributed by atoms with Crippen molar-refractivity contribution in [3.05, 3.63) is 35.9 Å². The lowest BCUT2D eigenvalue weighted by Gasteiger charge is -2.43. The number of hydrogen-bond donors (Lipinski definition) is 2. The Kier molecular flexibility index (Phi) is 6.02. The van der Waals surface area contributed by atoms with Gasteiger partial charge in [-0.05, 0) is 18.7 Å². The Morgan fingerprint density at radius 1 is 1.24 bits per heavy atom. The van der Waals surface area contributed by atoms with Gasteiger partial charge in [-0.2, -0.15) is 0 Å². The SMILES string of the molecule is Cl.O=C(O)C(Cc1ccccc1)N1C(=O)CC2(CCNCC2)OC1=O. The number of nitrogens with one attached hydrogen (secondary N) is 1. The van der Waals surface area contributed by atoms with Gasteiger partial charge in [0.25, 0.3) is 0 Å². The number of piperidine rings is 1. The molecule has 2 aliphatic heterocycles. The number of carbonyl (C=O) groups is 3. The van der Waals surface area contributed by atoms with Crippen LogP contribution in [0.4, 0.5) is 4.79 Å². The number of halogens is 1. The molecule has 0 aromatic heterocycles. The third-order valence-corrected chi connectivity index (χ3v) is 4.63. The first-order valence-electron chi connectivity index (χ1n) is 8.03. The molecule has 1 spiro atoms. The minimum Gasteiger partial charge on any atom is -0.480 e. The van der Waals surface area contributed by atoms with Gasteiger partial charge >= 0.3 is 12.1 Å². The highest BCUT2D eigenvalue weighted by molar-refractivity contribution is 5.99. The molecule has 1 unspecified atom stereocenters. The number of carboxylic acids is 1. The standard InChI is InChI=1S/C17H20N2O5.ClH/c20-14-11-17(6-8-18-9-7-17)24-16(23)19(14)13(15(21)22)10-12-4-2-1-3-5-12;/h1-5,13,18H,6-11H2,(H,21,22);1H. The summed E-state index contributed by atoms with van der Waals surface area (Å²) in [5.74, 6) is -1.69. The van der Waals surface area contributed by atoms with E-state index in [9.17, 15) is 19.5 Å². The quantitative estimate of drug-likeness (QED) is 0.838. The zero-order valence-corrected chi connectivity index (χ0v) is 14.5. The van der Waals surface area contributed by atoms with Gasteiger partial charge in [-0.25, -0.2) is 14.5 Å². The molecule has 2 heterocycles. The molecule has 7 nitrogen and oxygen atoms in total. The van der Waals surface area contributed by atoms with Crippen LogP contribution in [-0.2, 0) is 20.7 Å². The first-order chi connectivity index (χ1) is 11.5. The molecule has 0 saturated carbocycles. The van der Waals surface area contributed by atoms with Gasteiger partial charge in [-0.15, -0.1) is 12.4 Å². The van der Waals surface area contributed by atoms with Gasteiger partial charge in [0.05, 0.1) is 6.42 Å². The minimum atomic E-state index is -1.26. The summed E-state index contributed by atoms with van der Waals surface area (Å²) in [7, 11) is 0. The summed E-state index contributed by atoms with van der Waals surface area (Å²) >= 11 is 0. The Morgan fingerprint density at radius 3 is 2.44 bits per heavy atom. The molecule has 2 N–H and O–H groups in total. The molecule has 25 heavy (non-hydrogen) atoms. The second-order valence-electron chi connectivity index (χ2n) is 6.29. The first-order valence-corrected chi connectivity index (χ1v) is 8.03. The van der Waals surface area contributed by atoms with E-state index in [0.717, 1.165) is 10.5 Å². The fraction of sp³-hybridized carbons (Fsp3) is 0.471. The van der Waals surface area contributed by atoms with Gasteiger partial charge in [-0.1, -0.05) is 30.3 Å². The van der Waals surface area contributed by atoms with Crippen LogP contribution in [0.25, 0.3) is 0 Å². The topological polar surface area (TPSA) is 95.9 Å². The predicted molar refractivity (Wildman–Crippen MR) is 91.6 cm³/mol. The van der Waals surface area contributed by atoms with E-state index in [0.29, 0.717) is 25.9 Å². The Bertz CT molecular complexity index is 626. The molecule has 2 fully saturated rings. The monoisotopic (exact) mass is 368 g/mol. The molecule has 0 radical (unpaired) electrons. The van der Waals surface area contributed by atoms with Crippen LogP contribution in [0.2, 0.25) is 0 Å². The molecule has 0 bridgehead atoms. The maximum Gasteiger partial charge on any atom is 0.417 e. The number of carbonyl (C=O) groups excluding carboxylic acids is 2.